The van der Waals surface area contributed by atoms with Gasteiger partial charge in [-0.1, -0.05) is 13.3 Å². The van der Waals surface area contributed by atoms with Gasteiger partial charge in [-0.15, -0.1) is 0 Å². The van der Waals surface area contributed by atoms with E-state index in [4.69, 9.17) is 5.14 Å². The summed E-state index contributed by atoms with van der Waals surface area (Å²) in [6, 6.07) is 4.68. The van der Waals surface area contributed by atoms with Crippen LogP contribution in [0.4, 0.5) is 0 Å². The van der Waals surface area contributed by atoms with Crippen molar-refractivity contribution in [3.8, 4) is 0 Å². The summed E-state index contributed by atoms with van der Waals surface area (Å²) in [6.45, 7) is 3.86. The molecule has 5 nitrogen and oxygen atoms in total. The Labute approximate surface area is 119 Å². The number of hydrogen-bond acceptors (Lipinski definition) is 3. The molecule has 3 N–H and O–H groups in total. The summed E-state index contributed by atoms with van der Waals surface area (Å²) in [6.07, 6.45) is 3.23. The number of nitrogens with one attached hydrogen (secondary N) is 1. The summed E-state index contributed by atoms with van der Waals surface area (Å²) >= 11 is 0. The van der Waals surface area contributed by atoms with Crippen LogP contribution in [0.5, 0.6) is 0 Å². The van der Waals surface area contributed by atoms with Gasteiger partial charge in [-0.3, -0.25) is 4.79 Å². The van der Waals surface area contributed by atoms with Crippen molar-refractivity contribution >= 4 is 15.9 Å². The van der Waals surface area contributed by atoms with Crippen molar-refractivity contribution in [1.29, 1.82) is 0 Å². The molecule has 0 radical (unpaired) electrons. The lowest BCUT2D eigenvalue weighted by Crippen LogP contribution is -2.27. The first-order chi connectivity index (χ1) is 9.31. The zero-order chi connectivity index (χ0) is 14.9. The molecule has 0 heterocycles. The van der Waals surface area contributed by atoms with Crippen LogP contribution in [-0.4, -0.2) is 20.4 Å². The van der Waals surface area contributed by atoms with Crippen molar-refractivity contribution in [2.24, 2.45) is 11.1 Å². The molecule has 0 aromatic heterocycles. The maximum Gasteiger partial charge on any atom is 0.251 e. The predicted octanol–water partition coefficient (Wildman–Crippen LogP) is 1.56. The fourth-order valence-electron chi connectivity index (χ4n) is 2.41. The number of sulfonamides is 1. The number of rotatable bonds is 5. The Morgan fingerprint density at radius 1 is 1.40 bits per heavy atom. The van der Waals surface area contributed by atoms with E-state index in [1.165, 1.54) is 12.1 Å². The number of aryl methyl sites for hydroxylation is 1. The molecule has 20 heavy (non-hydrogen) atoms. The second kappa shape index (κ2) is 5.54. The molecule has 0 saturated heterocycles. The summed E-state index contributed by atoms with van der Waals surface area (Å²) in [5.41, 5.74) is 1.04. The van der Waals surface area contributed by atoms with Gasteiger partial charge in [0.15, 0.2) is 0 Å². The minimum absolute atomic E-state index is 0.0245. The number of primary sulfonamides is 1. The first kappa shape index (κ1) is 15.0. The van der Waals surface area contributed by atoms with Crippen LogP contribution < -0.4 is 10.5 Å². The van der Waals surface area contributed by atoms with E-state index < -0.39 is 10.0 Å². The van der Waals surface area contributed by atoms with Crippen LogP contribution in [0.2, 0.25) is 0 Å². The van der Waals surface area contributed by atoms with E-state index in [9.17, 15) is 13.2 Å². The molecular formula is C14H20N2O3S. The highest BCUT2D eigenvalue weighted by atomic mass is 32.2. The lowest BCUT2D eigenvalue weighted by Gasteiger charge is -2.07. The molecule has 1 aromatic carbocycles. The van der Waals surface area contributed by atoms with Crippen molar-refractivity contribution in [3.63, 3.8) is 0 Å². The fraction of sp³-hybridized carbons (Fsp3) is 0.500. The van der Waals surface area contributed by atoms with Gasteiger partial charge in [0, 0.05) is 11.6 Å². The second-order valence-corrected chi connectivity index (χ2v) is 7.01. The van der Waals surface area contributed by atoms with Gasteiger partial charge in [0.2, 0.25) is 10.0 Å². The molecule has 0 bridgehead atoms. The molecule has 1 fully saturated rings. The van der Waals surface area contributed by atoms with E-state index in [1.54, 1.807) is 13.0 Å². The van der Waals surface area contributed by atoms with Crippen LogP contribution in [0.25, 0.3) is 0 Å². The molecule has 1 amide bonds. The lowest BCUT2D eigenvalue weighted by atomic mass is 10.1. The molecular weight excluding hydrogens is 276 g/mol. The summed E-state index contributed by atoms with van der Waals surface area (Å²) < 4.78 is 22.8. The van der Waals surface area contributed by atoms with Crippen LogP contribution in [0, 0.1) is 12.8 Å². The molecule has 2 atom stereocenters. The second-order valence-electron chi connectivity index (χ2n) is 5.44. The minimum atomic E-state index is -3.79. The Bertz CT molecular complexity index is 625. The largest absolute Gasteiger partial charge is 0.349 e. The Morgan fingerprint density at radius 2 is 2.10 bits per heavy atom. The number of nitrogens with two attached hydrogens (primary N) is 1. The normalized spacial score (nSPS) is 21.6. The monoisotopic (exact) mass is 296 g/mol. The van der Waals surface area contributed by atoms with E-state index in [-0.39, 0.29) is 16.8 Å². The molecule has 0 aliphatic heterocycles. The Kier molecular flexibility index (Phi) is 4.15. The van der Waals surface area contributed by atoms with Crippen molar-refractivity contribution in [1.82, 2.24) is 5.32 Å². The van der Waals surface area contributed by atoms with Gasteiger partial charge in [-0.2, -0.15) is 0 Å². The van der Waals surface area contributed by atoms with Gasteiger partial charge >= 0.3 is 0 Å². The van der Waals surface area contributed by atoms with Crippen LogP contribution in [0.3, 0.4) is 0 Å². The summed E-state index contributed by atoms with van der Waals surface area (Å²) in [5, 5.41) is 8.05. The highest BCUT2D eigenvalue weighted by Gasteiger charge is 2.37. The van der Waals surface area contributed by atoms with E-state index in [0.717, 1.165) is 19.3 Å². The van der Waals surface area contributed by atoms with E-state index in [0.29, 0.717) is 17.0 Å². The predicted molar refractivity (Wildman–Crippen MR) is 76.8 cm³/mol. The quantitative estimate of drug-likeness (QED) is 0.864. The van der Waals surface area contributed by atoms with Gasteiger partial charge < -0.3 is 5.32 Å². The molecule has 1 aliphatic carbocycles. The maximum atomic E-state index is 12.1. The number of benzene rings is 1. The van der Waals surface area contributed by atoms with Gasteiger partial charge in [-0.05, 0) is 49.4 Å². The Morgan fingerprint density at radius 3 is 2.70 bits per heavy atom. The molecule has 1 aromatic rings. The first-order valence-electron chi connectivity index (χ1n) is 6.76. The Hall–Kier alpha value is -1.40. The minimum Gasteiger partial charge on any atom is -0.349 e. The van der Waals surface area contributed by atoms with Crippen molar-refractivity contribution in [2.45, 2.75) is 44.0 Å². The third-order valence-corrected chi connectivity index (χ3v) is 4.43. The lowest BCUT2D eigenvalue weighted by molar-refractivity contribution is 0.0948. The fourth-order valence-corrected chi connectivity index (χ4v) is 3.05. The first-order valence-corrected chi connectivity index (χ1v) is 8.31. The van der Waals surface area contributed by atoms with Gasteiger partial charge in [0.1, 0.15) is 0 Å². The highest BCUT2D eigenvalue weighted by molar-refractivity contribution is 7.89. The zero-order valence-electron chi connectivity index (χ0n) is 11.7. The molecule has 2 rings (SSSR count). The molecule has 1 saturated carbocycles. The van der Waals surface area contributed by atoms with Crippen LogP contribution in [0.1, 0.15) is 42.1 Å². The zero-order valence-corrected chi connectivity index (χ0v) is 12.5. The standard InChI is InChI=1S/C14H20N2O3S/c1-3-4-10-8-13(10)16-14(17)11-5-9(2)6-12(7-11)20(15,18)19/h5-7,10,13H,3-4,8H2,1-2H3,(H,16,17)(H2,15,18,19). The maximum absolute atomic E-state index is 12.1. The Balaban J connectivity index is 2.13. The van der Waals surface area contributed by atoms with Crippen molar-refractivity contribution in [2.75, 3.05) is 0 Å². The number of hydrogen-bond donors (Lipinski definition) is 2. The molecule has 1 aliphatic rings. The van der Waals surface area contributed by atoms with Gasteiger partial charge in [0.05, 0.1) is 4.90 Å². The number of amides is 1. The molecule has 2 unspecified atom stereocenters. The van der Waals surface area contributed by atoms with Crippen LogP contribution in [0.15, 0.2) is 23.1 Å². The number of carbonyl (C=O) groups is 1. The van der Waals surface area contributed by atoms with E-state index >= 15 is 0 Å². The summed E-state index contributed by atoms with van der Waals surface area (Å²) in [4.78, 5) is 12.1. The average Bonchev–Trinajstić information content (AvgIpc) is 3.05. The SMILES string of the molecule is CCCC1CC1NC(=O)c1cc(C)cc(S(N)(=O)=O)c1. The van der Waals surface area contributed by atoms with Crippen molar-refractivity contribution < 1.29 is 13.2 Å². The van der Waals surface area contributed by atoms with Gasteiger partial charge in [-0.25, -0.2) is 13.6 Å². The topological polar surface area (TPSA) is 89.3 Å². The van der Waals surface area contributed by atoms with E-state index in [1.807, 2.05) is 0 Å². The summed E-state index contributed by atoms with van der Waals surface area (Å²) in [7, 11) is -3.79. The van der Waals surface area contributed by atoms with Crippen LogP contribution in [-0.2, 0) is 10.0 Å². The summed E-state index contributed by atoms with van der Waals surface area (Å²) in [5.74, 6) is 0.327. The third-order valence-electron chi connectivity index (χ3n) is 3.54. The molecule has 110 valence electrons. The molecule has 6 heteroatoms. The van der Waals surface area contributed by atoms with Crippen LogP contribution >= 0.6 is 0 Å². The number of carbonyl (C=O) groups excluding carboxylic acids is 1. The van der Waals surface area contributed by atoms with Gasteiger partial charge in [0.25, 0.3) is 5.91 Å². The average molecular weight is 296 g/mol. The van der Waals surface area contributed by atoms with Crippen molar-refractivity contribution in [3.05, 3.63) is 29.3 Å². The van der Waals surface area contributed by atoms with E-state index in [2.05, 4.69) is 12.2 Å². The smallest absolute Gasteiger partial charge is 0.251 e. The third kappa shape index (κ3) is 3.58. The molecule has 0 spiro atoms. The highest BCUT2D eigenvalue weighted by Crippen LogP contribution is 2.34.